The van der Waals surface area contributed by atoms with Crippen LogP contribution in [0.3, 0.4) is 0 Å². The maximum atomic E-state index is 10.5. The first kappa shape index (κ1) is 8.04. The van der Waals surface area contributed by atoms with Crippen molar-refractivity contribution in [2.24, 2.45) is 11.8 Å². The first-order chi connectivity index (χ1) is 5.11. The van der Waals surface area contributed by atoms with Crippen LogP contribution in [0.1, 0.15) is 19.3 Å². The van der Waals surface area contributed by atoms with Crippen LogP contribution in [0, 0.1) is 11.8 Å². The minimum Gasteiger partial charge on any atom is -0.481 e. The number of hydrogen-bond donors (Lipinski definition) is 2. The van der Waals surface area contributed by atoms with Crippen LogP contribution in [0.25, 0.3) is 0 Å². The summed E-state index contributed by atoms with van der Waals surface area (Å²) in [5, 5.41) is 16.9. The van der Waals surface area contributed by atoms with Gasteiger partial charge in [0.1, 0.15) is 0 Å². The van der Waals surface area contributed by atoms with Crippen LogP contribution >= 0.6 is 0 Å². The zero-order valence-corrected chi connectivity index (χ0v) is 5.99. The molecule has 1 aliphatic rings. The van der Waals surface area contributed by atoms with Gasteiger partial charge < -0.3 is 10.2 Å². The summed E-state index contributed by atoms with van der Waals surface area (Å²) >= 11 is 0. The van der Waals surface area contributed by atoms with Gasteiger partial charge in [-0.15, -0.1) is 0 Å². The van der Waals surface area contributed by atoms with Gasteiger partial charge in [0, 0.05) is 0 Å². The molecule has 0 aliphatic heterocycles. The van der Waals surface area contributed by atoms with Crippen molar-refractivity contribution in [3.63, 3.8) is 0 Å². The lowest BCUT2D eigenvalue weighted by Gasteiger charge is -2.05. The van der Waals surface area contributed by atoms with Gasteiger partial charge in [0.15, 0.2) is 0 Å². The Morgan fingerprint density at radius 3 is 2.18 bits per heavy atom. The molecule has 0 aromatic carbocycles. The molecule has 0 saturated heterocycles. The highest BCUT2D eigenvalue weighted by Gasteiger charge is 2.37. The third-order valence-electron chi connectivity index (χ3n) is 1.90. The van der Waals surface area contributed by atoms with E-state index in [1.54, 1.807) is 0 Å². The van der Waals surface area contributed by atoms with Gasteiger partial charge in [-0.3, -0.25) is 9.59 Å². The lowest BCUT2D eigenvalue weighted by atomic mass is 10.0. The highest BCUT2D eigenvalue weighted by atomic mass is 16.4. The standard InChI is InChI=1S/C7H10O4/c8-6(9)3-5(7(10)11)4-1-2-4/h4-5H,1-3H2,(H,8,9)(H,10,11). The Hall–Kier alpha value is -1.06. The van der Waals surface area contributed by atoms with Crippen molar-refractivity contribution in [3.05, 3.63) is 0 Å². The zero-order valence-electron chi connectivity index (χ0n) is 5.99. The highest BCUT2D eigenvalue weighted by molar-refractivity contribution is 5.78. The molecule has 4 nitrogen and oxygen atoms in total. The van der Waals surface area contributed by atoms with E-state index in [2.05, 4.69) is 0 Å². The lowest BCUT2D eigenvalue weighted by Crippen LogP contribution is -2.19. The maximum absolute atomic E-state index is 10.5. The van der Waals surface area contributed by atoms with Crippen LogP contribution in [0.5, 0.6) is 0 Å². The monoisotopic (exact) mass is 158 g/mol. The Labute approximate surface area is 63.8 Å². The van der Waals surface area contributed by atoms with Gasteiger partial charge >= 0.3 is 11.9 Å². The van der Waals surface area contributed by atoms with E-state index >= 15 is 0 Å². The van der Waals surface area contributed by atoms with E-state index in [1.165, 1.54) is 0 Å². The van der Waals surface area contributed by atoms with Crippen molar-refractivity contribution >= 4 is 11.9 Å². The lowest BCUT2D eigenvalue weighted by molar-refractivity contribution is -0.149. The molecule has 1 fully saturated rings. The number of aliphatic carboxylic acids is 2. The fraction of sp³-hybridized carbons (Fsp3) is 0.714. The second kappa shape index (κ2) is 2.90. The Balaban J connectivity index is 2.45. The van der Waals surface area contributed by atoms with Crippen LogP contribution in [-0.2, 0) is 9.59 Å². The number of hydrogen-bond acceptors (Lipinski definition) is 2. The molecular formula is C7H10O4. The Morgan fingerprint density at radius 2 is 1.91 bits per heavy atom. The molecule has 0 radical (unpaired) electrons. The first-order valence-electron chi connectivity index (χ1n) is 3.56. The molecule has 0 aromatic rings. The summed E-state index contributed by atoms with van der Waals surface area (Å²) in [6.07, 6.45) is 1.49. The minimum atomic E-state index is -1.02. The molecule has 0 heterocycles. The molecule has 1 unspecified atom stereocenters. The van der Waals surface area contributed by atoms with Crippen molar-refractivity contribution in [2.45, 2.75) is 19.3 Å². The van der Waals surface area contributed by atoms with Crippen LogP contribution in [0.4, 0.5) is 0 Å². The van der Waals surface area contributed by atoms with E-state index in [0.29, 0.717) is 0 Å². The normalized spacial score (nSPS) is 19.3. The quantitative estimate of drug-likeness (QED) is 0.627. The fourth-order valence-corrected chi connectivity index (χ4v) is 1.14. The van der Waals surface area contributed by atoms with Crippen LogP contribution in [-0.4, -0.2) is 22.2 Å². The Kier molecular flexibility index (Phi) is 2.12. The van der Waals surface area contributed by atoms with Crippen molar-refractivity contribution in [1.29, 1.82) is 0 Å². The second-order valence-corrected chi connectivity index (χ2v) is 2.88. The summed E-state index contributed by atoms with van der Waals surface area (Å²) in [5.74, 6) is -2.55. The molecular weight excluding hydrogens is 148 g/mol. The summed E-state index contributed by atoms with van der Waals surface area (Å²) in [5.41, 5.74) is 0. The summed E-state index contributed by atoms with van der Waals surface area (Å²) in [4.78, 5) is 20.6. The third kappa shape index (κ3) is 2.22. The smallest absolute Gasteiger partial charge is 0.307 e. The predicted molar refractivity (Wildman–Crippen MR) is 36.1 cm³/mol. The molecule has 0 spiro atoms. The zero-order chi connectivity index (χ0) is 8.43. The largest absolute Gasteiger partial charge is 0.481 e. The van der Waals surface area contributed by atoms with Crippen molar-refractivity contribution < 1.29 is 19.8 Å². The molecule has 0 bridgehead atoms. The van der Waals surface area contributed by atoms with Gasteiger partial charge in [0.25, 0.3) is 0 Å². The minimum absolute atomic E-state index is 0.114. The highest BCUT2D eigenvalue weighted by Crippen LogP contribution is 2.38. The molecule has 2 N–H and O–H groups in total. The summed E-state index contributed by atoms with van der Waals surface area (Å²) < 4.78 is 0. The molecule has 4 heteroatoms. The molecule has 0 aromatic heterocycles. The molecule has 62 valence electrons. The number of carboxylic acid groups (broad SMARTS) is 2. The van der Waals surface area contributed by atoms with Gasteiger partial charge in [-0.1, -0.05) is 0 Å². The molecule has 1 aliphatic carbocycles. The van der Waals surface area contributed by atoms with Crippen LogP contribution in [0.2, 0.25) is 0 Å². The summed E-state index contributed by atoms with van der Waals surface area (Å²) in [7, 11) is 0. The van der Waals surface area contributed by atoms with E-state index in [0.717, 1.165) is 12.8 Å². The molecule has 0 amide bonds. The van der Waals surface area contributed by atoms with Crippen molar-refractivity contribution in [1.82, 2.24) is 0 Å². The second-order valence-electron chi connectivity index (χ2n) is 2.88. The predicted octanol–water partition coefficient (Wildman–Crippen LogP) is 0.572. The third-order valence-corrected chi connectivity index (χ3v) is 1.90. The van der Waals surface area contributed by atoms with E-state index in [4.69, 9.17) is 10.2 Å². The van der Waals surface area contributed by atoms with E-state index in [1.807, 2.05) is 0 Å². The average molecular weight is 158 g/mol. The van der Waals surface area contributed by atoms with Gasteiger partial charge in [0.2, 0.25) is 0 Å². The molecule has 1 atom stereocenters. The SMILES string of the molecule is O=C(O)CC(C(=O)O)C1CC1. The summed E-state index contributed by atoms with van der Waals surface area (Å²) in [6.45, 7) is 0. The topological polar surface area (TPSA) is 74.6 Å². The van der Waals surface area contributed by atoms with Crippen molar-refractivity contribution in [3.8, 4) is 0 Å². The van der Waals surface area contributed by atoms with E-state index in [-0.39, 0.29) is 12.3 Å². The van der Waals surface area contributed by atoms with Crippen LogP contribution in [0.15, 0.2) is 0 Å². The number of rotatable bonds is 4. The number of carboxylic acids is 2. The van der Waals surface area contributed by atoms with Crippen LogP contribution < -0.4 is 0 Å². The number of carbonyl (C=O) groups is 2. The molecule has 11 heavy (non-hydrogen) atoms. The van der Waals surface area contributed by atoms with Gasteiger partial charge in [-0.05, 0) is 18.8 Å². The van der Waals surface area contributed by atoms with E-state index in [9.17, 15) is 9.59 Å². The molecule has 1 rings (SSSR count). The van der Waals surface area contributed by atoms with Crippen molar-refractivity contribution in [2.75, 3.05) is 0 Å². The average Bonchev–Trinajstić information content (AvgIpc) is 2.63. The fourth-order valence-electron chi connectivity index (χ4n) is 1.14. The van der Waals surface area contributed by atoms with Gasteiger partial charge in [-0.25, -0.2) is 0 Å². The maximum Gasteiger partial charge on any atom is 0.307 e. The summed E-state index contributed by atoms with van der Waals surface area (Å²) in [6, 6.07) is 0. The Morgan fingerprint density at radius 1 is 1.36 bits per heavy atom. The molecule has 1 saturated carbocycles. The Bertz CT molecular complexity index is 183. The van der Waals surface area contributed by atoms with Gasteiger partial charge in [0.05, 0.1) is 12.3 Å². The van der Waals surface area contributed by atoms with E-state index < -0.39 is 17.9 Å². The van der Waals surface area contributed by atoms with Gasteiger partial charge in [-0.2, -0.15) is 0 Å². The first-order valence-corrected chi connectivity index (χ1v) is 3.56.